The molecule has 1 unspecified atom stereocenters. The summed E-state index contributed by atoms with van der Waals surface area (Å²) in [5.41, 5.74) is 6.10. The van der Waals surface area contributed by atoms with Crippen molar-refractivity contribution in [1.82, 2.24) is 9.97 Å². The van der Waals surface area contributed by atoms with Crippen LogP contribution in [0.15, 0.2) is 18.5 Å². The molecule has 0 aliphatic heterocycles. The van der Waals surface area contributed by atoms with Crippen LogP contribution in [-0.2, 0) is 0 Å². The van der Waals surface area contributed by atoms with Gasteiger partial charge in [0.2, 0.25) is 0 Å². The number of nitrogens with zero attached hydrogens (tertiary/aromatic N) is 2. The zero-order valence-electron chi connectivity index (χ0n) is 11.4. The highest BCUT2D eigenvalue weighted by Gasteiger charge is 2.50. The SMILES string of the molecule is NCC(c1ncccn1)C1C2CC3CC(C2)CC1C3. The molecule has 0 radical (unpaired) electrons. The average molecular weight is 257 g/mol. The smallest absolute Gasteiger partial charge is 0.132 e. The van der Waals surface area contributed by atoms with Crippen LogP contribution in [0.25, 0.3) is 0 Å². The summed E-state index contributed by atoms with van der Waals surface area (Å²) >= 11 is 0. The van der Waals surface area contributed by atoms with E-state index in [9.17, 15) is 0 Å². The Morgan fingerprint density at radius 2 is 1.58 bits per heavy atom. The lowest BCUT2D eigenvalue weighted by Gasteiger charge is -2.56. The van der Waals surface area contributed by atoms with Crippen molar-refractivity contribution in [3.05, 3.63) is 24.3 Å². The molecule has 4 aliphatic carbocycles. The van der Waals surface area contributed by atoms with Gasteiger partial charge in [0.05, 0.1) is 0 Å². The summed E-state index contributed by atoms with van der Waals surface area (Å²) in [7, 11) is 0. The van der Waals surface area contributed by atoms with Crippen LogP contribution in [0.3, 0.4) is 0 Å². The van der Waals surface area contributed by atoms with Gasteiger partial charge in [0, 0.05) is 24.9 Å². The van der Waals surface area contributed by atoms with E-state index in [0.29, 0.717) is 12.5 Å². The van der Waals surface area contributed by atoms with E-state index in [-0.39, 0.29) is 0 Å². The topological polar surface area (TPSA) is 51.8 Å². The van der Waals surface area contributed by atoms with Crippen LogP contribution < -0.4 is 5.73 Å². The Hall–Kier alpha value is -0.960. The fourth-order valence-corrected chi connectivity index (χ4v) is 5.56. The van der Waals surface area contributed by atoms with Crippen LogP contribution >= 0.6 is 0 Å². The molecule has 0 spiro atoms. The summed E-state index contributed by atoms with van der Waals surface area (Å²) in [4.78, 5) is 8.98. The number of hydrogen-bond donors (Lipinski definition) is 1. The van der Waals surface area contributed by atoms with Gasteiger partial charge in [-0.3, -0.25) is 0 Å². The van der Waals surface area contributed by atoms with E-state index in [1.807, 2.05) is 18.5 Å². The van der Waals surface area contributed by atoms with Gasteiger partial charge < -0.3 is 5.73 Å². The maximum absolute atomic E-state index is 6.10. The Balaban J connectivity index is 1.64. The summed E-state index contributed by atoms with van der Waals surface area (Å²) < 4.78 is 0. The summed E-state index contributed by atoms with van der Waals surface area (Å²) in [6.45, 7) is 0.705. The van der Waals surface area contributed by atoms with Crippen LogP contribution in [0, 0.1) is 29.6 Å². The zero-order valence-corrected chi connectivity index (χ0v) is 11.4. The van der Waals surface area contributed by atoms with Gasteiger partial charge in [0.1, 0.15) is 5.82 Å². The molecule has 1 atom stereocenters. The maximum Gasteiger partial charge on any atom is 0.132 e. The monoisotopic (exact) mass is 257 g/mol. The van der Waals surface area contributed by atoms with Crippen molar-refractivity contribution in [1.29, 1.82) is 0 Å². The molecule has 4 saturated carbocycles. The molecule has 1 heterocycles. The molecule has 0 aromatic carbocycles. The Kier molecular flexibility index (Phi) is 2.83. The van der Waals surface area contributed by atoms with Crippen molar-refractivity contribution in [2.45, 2.75) is 38.0 Å². The van der Waals surface area contributed by atoms with Crippen LogP contribution in [0.2, 0.25) is 0 Å². The zero-order chi connectivity index (χ0) is 12.8. The molecule has 5 rings (SSSR count). The molecule has 1 aromatic heterocycles. The van der Waals surface area contributed by atoms with Crippen molar-refractivity contribution in [2.75, 3.05) is 6.54 Å². The summed E-state index contributed by atoms with van der Waals surface area (Å²) in [5, 5.41) is 0. The van der Waals surface area contributed by atoms with Crippen molar-refractivity contribution in [3.8, 4) is 0 Å². The summed E-state index contributed by atoms with van der Waals surface area (Å²) in [5.74, 6) is 5.96. The average Bonchev–Trinajstić information content (AvgIpc) is 2.43. The van der Waals surface area contributed by atoms with Crippen molar-refractivity contribution in [3.63, 3.8) is 0 Å². The number of aromatic nitrogens is 2. The van der Waals surface area contributed by atoms with Gasteiger partial charge in [-0.2, -0.15) is 0 Å². The molecule has 0 amide bonds. The van der Waals surface area contributed by atoms with Gasteiger partial charge >= 0.3 is 0 Å². The third-order valence-corrected chi connectivity index (χ3v) is 5.94. The fraction of sp³-hybridized carbons (Fsp3) is 0.750. The number of rotatable bonds is 3. The highest BCUT2D eigenvalue weighted by Crippen LogP contribution is 2.59. The quantitative estimate of drug-likeness (QED) is 0.905. The Morgan fingerprint density at radius 1 is 1.00 bits per heavy atom. The second-order valence-electron chi connectivity index (χ2n) is 6.96. The van der Waals surface area contributed by atoms with E-state index in [4.69, 9.17) is 5.73 Å². The van der Waals surface area contributed by atoms with Gasteiger partial charge in [0.25, 0.3) is 0 Å². The molecular formula is C16H23N3. The first-order valence-corrected chi connectivity index (χ1v) is 7.82. The first-order valence-electron chi connectivity index (χ1n) is 7.82. The second kappa shape index (κ2) is 4.55. The Morgan fingerprint density at radius 3 is 2.11 bits per heavy atom. The molecule has 4 aliphatic rings. The minimum absolute atomic E-state index is 0.385. The van der Waals surface area contributed by atoms with E-state index in [1.165, 1.54) is 32.1 Å². The van der Waals surface area contributed by atoms with Crippen molar-refractivity contribution in [2.24, 2.45) is 35.3 Å². The molecule has 102 valence electrons. The normalized spacial score (nSPS) is 41.4. The van der Waals surface area contributed by atoms with E-state index >= 15 is 0 Å². The lowest BCUT2D eigenvalue weighted by Crippen LogP contribution is -2.48. The molecule has 3 nitrogen and oxygen atoms in total. The lowest BCUT2D eigenvalue weighted by molar-refractivity contribution is -0.0478. The van der Waals surface area contributed by atoms with Gasteiger partial charge in [-0.25, -0.2) is 9.97 Å². The highest BCUT2D eigenvalue weighted by molar-refractivity contribution is 5.08. The molecule has 3 heteroatoms. The van der Waals surface area contributed by atoms with Crippen LogP contribution in [-0.4, -0.2) is 16.5 Å². The molecule has 19 heavy (non-hydrogen) atoms. The van der Waals surface area contributed by atoms with Gasteiger partial charge in [-0.15, -0.1) is 0 Å². The first kappa shape index (κ1) is 11.8. The predicted molar refractivity (Wildman–Crippen MR) is 74.4 cm³/mol. The minimum Gasteiger partial charge on any atom is -0.330 e. The van der Waals surface area contributed by atoms with Gasteiger partial charge in [-0.05, 0) is 67.8 Å². The largest absolute Gasteiger partial charge is 0.330 e. The summed E-state index contributed by atoms with van der Waals surface area (Å²) in [6, 6.07) is 1.90. The number of hydrogen-bond acceptors (Lipinski definition) is 3. The fourth-order valence-electron chi connectivity index (χ4n) is 5.56. The maximum atomic E-state index is 6.10. The van der Waals surface area contributed by atoms with E-state index in [1.54, 1.807) is 0 Å². The van der Waals surface area contributed by atoms with Crippen molar-refractivity contribution >= 4 is 0 Å². The Labute approximate surface area is 115 Å². The predicted octanol–water partition coefficient (Wildman–Crippen LogP) is 2.59. The third kappa shape index (κ3) is 1.90. The van der Waals surface area contributed by atoms with E-state index in [2.05, 4.69) is 9.97 Å². The van der Waals surface area contributed by atoms with Crippen LogP contribution in [0.5, 0.6) is 0 Å². The first-order chi connectivity index (χ1) is 9.35. The Bertz CT molecular complexity index is 417. The van der Waals surface area contributed by atoms with Crippen molar-refractivity contribution < 1.29 is 0 Å². The molecular weight excluding hydrogens is 234 g/mol. The second-order valence-corrected chi connectivity index (χ2v) is 6.96. The molecule has 1 aromatic rings. The molecule has 2 N–H and O–H groups in total. The molecule has 0 saturated heterocycles. The van der Waals surface area contributed by atoms with E-state index in [0.717, 1.165) is 35.4 Å². The van der Waals surface area contributed by atoms with E-state index < -0.39 is 0 Å². The van der Waals surface area contributed by atoms with Gasteiger partial charge in [-0.1, -0.05) is 0 Å². The summed E-state index contributed by atoms with van der Waals surface area (Å²) in [6.07, 6.45) is 11.0. The van der Waals surface area contributed by atoms with Gasteiger partial charge in [0.15, 0.2) is 0 Å². The van der Waals surface area contributed by atoms with Crippen LogP contribution in [0.1, 0.15) is 43.8 Å². The molecule has 4 bridgehead atoms. The van der Waals surface area contributed by atoms with Crippen LogP contribution in [0.4, 0.5) is 0 Å². The third-order valence-electron chi connectivity index (χ3n) is 5.94. The molecule has 4 fully saturated rings. The lowest BCUT2D eigenvalue weighted by atomic mass is 9.49. The number of nitrogens with two attached hydrogens (primary N) is 1. The standard InChI is InChI=1S/C16H23N3/c17-9-14(16-18-2-1-3-19-16)15-12-5-10-4-11(7-12)8-13(15)6-10/h1-3,10-15H,4-9,17H2. The minimum atomic E-state index is 0.385. The highest BCUT2D eigenvalue weighted by atomic mass is 14.9.